The summed E-state index contributed by atoms with van der Waals surface area (Å²) in [6.07, 6.45) is 0. The summed E-state index contributed by atoms with van der Waals surface area (Å²) in [6.45, 7) is 5.18. The van der Waals surface area contributed by atoms with Crippen LogP contribution in [0, 0.1) is 17.0 Å². The van der Waals surface area contributed by atoms with E-state index < -0.39 is 10.5 Å². The number of nitrogens with zero attached hydrogens (tertiary/aromatic N) is 3. The molecule has 0 aliphatic rings. The fourth-order valence-corrected chi connectivity index (χ4v) is 2.65. The quantitative estimate of drug-likeness (QED) is 0.467. The largest absolute Gasteiger partial charge is 0.450 e. The zero-order valence-corrected chi connectivity index (χ0v) is 16.6. The molecule has 0 radical (unpaired) electrons. The van der Waals surface area contributed by atoms with Crippen LogP contribution in [0.4, 0.5) is 5.69 Å². The number of carbonyl (C=O) groups excluding carboxylic acids is 1. The molecule has 150 valence electrons. The lowest BCUT2D eigenvalue weighted by Crippen LogP contribution is -2.41. The molecule has 1 aromatic heterocycles. The Labute approximate surface area is 170 Å². The first kappa shape index (κ1) is 20.3. The van der Waals surface area contributed by atoms with Crippen LogP contribution in [0.15, 0.2) is 47.0 Å². The molecule has 3 rings (SSSR count). The number of nitrogens with one attached hydrogen (secondary N) is 1. The van der Waals surface area contributed by atoms with Gasteiger partial charge in [0.2, 0.25) is 11.6 Å². The zero-order chi connectivity index (χ0) is 21.2. The van der Waals surface area contributed by atoms with Gasteiger partial charge in [0.15, 0.2) is 5.82 Å². The molecule has 0 spiro atoms. The highest BCUT2D eigenvalue weighted by Gasteiger charge is 2.28. The molecule has 29 heavy (non-hydrogen) atoms. The van der Waals surface area contributed by atoms with Crippen LogP contribution >= 0.6 is 11.6 Å². The second-order valence-electron chi connectivity index (χ2n) is 6.71. The number of aryl methyl sites for hydroxylation is 1. The SMILES string of the molecule is Cc1nc(C(C)(C)NC(=O)c2ccc(Oc3ccc(Cl)cc3[N+](=O)[O-])cc2)no1. The van der Waals surface area contributed by atoms with Crippen molar-refractivity contribution in [2.24, 2.45) is 0 Å². The van der Waals surface area contributed by atoms with E-state index in [0.717, 1.165) is 0 Å². The van der Waals surface area contributed by atoms with Gasteiger partial charge in [0, 0.05) is 23.6 Å². The second-order valence-corrected chi connectivity index (χ2v) is 7.15. The van der Waals surface area contributed by atoms with Gasteiger partial charge in [0.1, 0.15) is 5.75 Å². The number of benzene rings is 2. The fourth-order valence-electron chi connectivity index (χ4n) is 2.49. The Kier molecular flexibility index (Phi) is 5.51. The summed E-state index contributed by atoms with van der Waals surface area (Å²) in [6, 6.07) is 10.3. The molecule has 0 saturated carbocycles. The maximum atomic E-state index is 12.5. The summed E-state index contributed by atoms with van der Waals surface area (Å²) in [7, 11) is 0. The third kappa shape index (κ3) is 4.69. The van der Waals surface area contributed by atoms with Crippen molar-refractivity contribution in [2.45, 2.75) is 26.3 Å². The number of hydrogen-bond acceptors (Lipinski definition) is 7. The summed E-state index contributed by atoms with van der Waals surface area (Å²) < 4.78 is 10.5. The van der Waals surface area contributed by atoms with Crippen LogP contribution in [-0.4, -0.2) is 21.0 Å². The number of hydrogen-bond donors (Lipinski definition) is 1. The summed E-state index contributed by atoms with van der Waals surface area (Å²) in [5.41, 5.74) is -0.721. The Morgan fingerprint density at radius 3 is 2.52 bits per heavy atom. The number of carbonyl (C=O) groups is 1. The van der Waals surface area contributed by atoms with Crippen LogP contribution in [0.25, 0.3) is 0 Å². The smallest absolute Gasteiger partial charge is 0.313 e. The second kappa shape index (κ2) is 7.88. The number of aromatic nitrogens is 2. The highest BCUT2D eigenvalue weighted by atomic mass is 35.5. The molecule has 1 N–H and O–H groups in total. The maximum Gasteiger partial charge on any atom is 0.313 e. The van der Waals surface area contributed by atoms with E-state index in [0.29, 0.717) is 23.0 Å². The van der Waals surface area contributed by atoms with E-state index in [4.69, 9.17) is 20.9 Å². The first-order valence-corrected chi connectivity index (χ1v) is 8.88. The van der Waals surface area contributed by atoms with Gasteiger partial charge in [-0.25, -0.2) is 0 Å². The fraction of sp³-hybridized carbons (Fsp3) is 0.211. The van der Waals surface area contributed by atoms with Crippen LogP contribution in [0.2, 0.25) is 5.02 Å². The van der Waals surface area contributed by atoms with Crippen molar-refractivity contribution >= 4 is 23.2 Å². The van der Waals surface area contributed by atoms with Gasteiger partial charge in [0.25, 0.3) is 5.91 Å². The average Bonchev–Trinajstić information content (AvgIpc) is 3.10. The summed E-state index contributed by atoms with van der Waals surface area (Å²) in [5.74, 6) is 0.796. The molecule has 2 aromatic carbocycles. The van der Waals surface area contributed by atoms with Crippen molar-refractivity contribution in [3.63, 3.8) is 0 Å². The molecule has 3 aromatic rings. The van der Waals surface area contributed by atoms with E-state index in [1.807, 2.05) is 0 Å². The molecular formula is C19H17ClN4O5. The van der Waals surface area contributed by atoms with Crippen molar-refractivity contribution in [2.75, 3.05) is 0 Å². The summed E-state index contributed by atoms with van der Waals surface area (Å²) >= 11 is 5.80. The third-order valence-corrected chi connectivity index (χ3v) is 4.21. The molecule has 1 amide bonds. The molecule has 0 saturated heterocycles. The molecule has 0 unspecified atom stereocenters. The number of amides is 1. The minimum absolute atomic E-state index is 0.0465. The predicted octanol–water partition coefficient (Wildman–Crippen LogP) is 4.40. The maximum absolute atomic E-state index is 12.5. The van der Waals surface area contributed by atoms with Crippen LogP contribution in [0.5, 0.6) is 11.5 Å². The monoisotopic (exact) mass is 416 g/mol. The first-order chi connectivity index (χ1) is 13.7. The lowest BCUT2D eigenvalue weighted by Gasteiger charge is -2.22. The Hall–Kier alpha value is -3.46. The van der Waals surface area contributed by atoms with Crippen molar-refractivity contribution in [1.82, 2.24) is 15.5 Å². The highest BCUT2D eigenvalue weighted by molar-refractivity contribution is 6.30. The van der Waals surface area contributed by atoms with E-state index in [1.165, 1.54) is 18.2 Å². The predicted molar refractivity (Wildman–Crippen MR) is 104 cm³/mol. The van der Waals surface area contributed by atoms with E-state index in [2.05, 4.69) is 15.5 Å². The average molecular weight is 417 g/mol. The summed E-state index contributed by atoms with van der Waals surface area (Å²) in [5, 5.41) is 18.1. The first-order valence-electron chi connectivity index (χ1n) is 8.51. The van der Waals surface area contributed by atoms with Crippen LogP contribution < -0.4 is 10.1 Å². The zero-order valence-electron chi connectivity index (χ0n) is 15.8. The van der Waals surface area contributed by atoms with Crippen molar-refractivity contribution in [1.29, 1.82) is 0 Å². The van der Waals surface area contributed by atoms with Crippen LogP contribution in [-0.2, 0) is 5.54 Å². The standard InChI is InChI=1S/C19H17ClN4O5/c1-11-21-18(23-29-11)19(2,3)22-17(25)12-4-7-14(8-5-12)28-16-9-6-13(20)10-15(16)24(26)27/h4-10H,1-3H3,(H,22,25). The van der Waals surface area contributed by atoms with E-state index >= 15 is 0 Å². The number of rotatable bonds is 6. The van der Waals surface area contributed by atoms with Gasteiger partial charge in [-0.05, 0) is 50.2 Å². The minimum atomic E-state index is -0.839. The Bertz CT molecular complexity index is 1060. The van der Waals surface area contributed by atoms with Gasteiger partial charge in [-0.15, -0.1) is 0 Å². The van der Waals surface area contributed by atoms with Crippen molar-refractivity contribution < 1.29 is 19.0 Å². The molecule has 0 aliphatic carbocycles. The number of ether oxygens (including phenoxy) is 1. The van der Waals surface area contributed by atoms with Gasteiger partial charge in [-0.2, -0.15) is 4.98 Å². The third-order valence-electron chi connectivity index (χ3n) is 3.97. The van der Waals surface area contributed by atoms with Crippen molar-refractivity contribution in [3.05, 3.63) is 74.9 Å². The van der Waals surface area contributed by atoms with Crippen LogP contribution in [0.3, 0.4) is 0 Å². The summed E-state index contributed by atoms with van der Waals surface area (Å²) in [4.78, 5) is 27.3. The molecule has 9 nitrogen and oxygen atoms in total. The van der Waals surface area contributed by atoms with E-state index in [9.17, 15) is 14.9 Å². The lowest BCUT2D eigenvalue weighted by molar-refractivity contribution is -0.385. The molecule has 10 heteroatoms. The molecular weight excluding hydrogens is 400 g/mol. The lowest BCUT2D eigenvalue weighted by atomic mass is 10.0. The number of nitro groups is 1. The molecule has 1 heterocycles. The molecule has 0 aliphatic heterocycles. The molecule has 0 fully saturated rings. The minimum Gasteiger partial charge on any atom is -0.450 e. The van der Waals surface area contributed by atoms with E-state index in [-0.39, 0.29) is 22.4 Å². The van der Waals surface area contributed by atoms with Gasteiger partial charge < -0.3 is 14.6 Å². The highest BCUT2D eigenvalue weighted by Crippen LogP contribution is 2.33. The van der Waals surface area contributed by atoms with Crippen LogP contribution in [0.1, 0.15) is 35.9 Å². The molecule has 0 atom stereocenters. The molecule has 0 bridgehead atoms. The number of halogens is 1. The van der Waals surface area contributed by atoms with Gasteiger partial charge in [-0.3, -0.25) is 14.9 Å². The Morgan fingerprint density at radius 1 is 1.24 bits per heavy atom. The van der Waals surface area contributed by atoms with Gasteiger partial charge in [-0.1, -0.05) is 16.8 Å². The Morgan fingerprint density at radius 2 is 1.93 bits per heavy atom. The Balaban J connectivity index is 1.73. The number of nitro benzene ring substituents is 1. The normalized spacial score (nSPS) is 11.2. The van der Waals surface area contributed by atoms with Crippen molar-refractivity contribution in [3.8, 4) is 11.5 Å². The van der Waals surface area contributed by atoms with Gasteiger partial charge in [0.05, 0.1) is 10.5 Å². The topological polar surface area (TPSA) is 120 Å². The van der Waals surface area contributed by atoms with Gasteiger partial charge >= 0.3 is 5.69 Å². The van der Waals surface area contributed by atoms with E-state index in [1.54, 1.807) is 45.0 Å².